The Bertz CT molecular complexity index is 860. The molecule has 1 heterocycles. The van der Waals surface area contributed by atoms with Crippen LogP contribution in [-0.4, -0.2) is 48.2 Å². The van der Waals surface area contributed by atoms with Crippen molar-refractivity contribution in [3.8, 4) is 5.75 Å². The van der Waals surface area contributed by atoms with Crippen LogP contribution in [0.3, 0.4) is 0 Å². The first-order valence-electron chi connectivity index (χ1n) is 10.7. The molecule has 0 bridgehead atoms. The molecule has 7 nitrogen and oxygen atoms in total. The fourth-order valence-electron chi connectivity index (χ4n) is 3.70. The maximum atomic E-state index is 12.7. The number of hydrogen-bond acceptors (Lipinski definition) is 6. The Balaban J connectivity index is 1.52. The van der Waals surface area contributed by atoms with Crippen molar-refractivity contribution in [2.24, 2.45) is 0 Å². The number of amides is 1. The Morgan fingerprint density at radius 1 is 1.10 bits per heavy atom. The summed E-state index contributed by atoms with van der Waals surface area (Å²) in [6, 6.07) is 9.90. The summed E-state index contributed by atoms with van der Waals surface area (Å²) in [6.45, 7) is 5.86. The monoisotopic (exact) mass is 411 g/mol. The summed E-state index contributed by atoms with van der Waals surface area (Å²) in [7, 11) is 3.95. The number of anilines is 2. The molecule has 3 rings (SSSR count). The zero-order chi connectivity index (χ0) is 21.7. The van der Waals surface area contributed by atoms with Crippen LogP contribution in [0.1, 0.15) is 55.7 Å². The Kier molecular flexibility index (Phi) is 7.13. The number of hydrogen-bond donors (Lipinski definition) is 2. The van der Waals surface area contributed by atoms with Crippen LogP contribution in [0.25, 0.3) is 0 Å². The van der Waals surface area contributed by atoms with Gasteiger partial charge in [0, 0.05) is 37.8 Å². The molecule has 1 fully saturated rings. The molecule has 0 spiro atoms. The van der Waals surface area contributed by atoms with E-state index in [1.807, 2.05) is 70.1 Å². The number of carbonyl (C=O) groups excluding carboxylic acids is 1. The molecule has 1 aromatic heterocycles. The predicted molar refractivity (Wildman–Crippen MR) is 120 cm³/mol. The van der Waals surface area contributed by atoms with Crippen LogP contribution in [0, 0.1) is 6.92 Å². The van der Waals surface area contributed by atoms with Gasteiger partial charge in [0.2, 0.25) is 0 Å². The van der Waals surface area contributed by atoms with Crippen molar-refractivity contribution in [2.75, 3.05) is 24.3 Å². The standard InChI is InChI=1S/C23H33N5O2/c1-15(2)30-20-8-6-7-17(13-20)23(29)27-19-11-9-18(10-12-19)26-21-14-22(28(4)5)25-16(3)24-21/h6-8,13-15,18-19H,9-12H2,1-5H3,(H,27,29)(H,24,25,26). The minimum atomic E-state index is -0.0392. The van der Waals surface area contributed by atoms with E-state index < -0.39 is 0 Å². The highest BCUT2D eigenvalue weighted by Crippen LogP contribution is 2.24. The van der Waals surface area contributed by atoms with Gasteiger partial charge in [0.1, 0.15) is 23.2 Å². The van der Waals surface area contributed by atoms with Gasteiger partial charge in [-0.1, -0.05) is 6.07 Å². The molecule has 0 saturated heterocycles. The average molecular weight is 412 g/mol. The van der Waals surface area contributed by atoms with Gasteiger partial charge in [-0.05, 0) is 64.7 Å². The molecule has 1 amide bonds. The van der Waals surface area contributed by atoms with Gasteiger partial charge < -0.3 is 20.3 Å². The second-order valence-corrected chi connectivity index (χ2v) is 8.41. The smallest absolute Gasteiger partial charge is 0.251 e. The van der Waals surface area contributed by atoms with Crippen molar-refractivity contribution in [1.82, 2.24) is 15.3 Å². The van der Waals surface area contributed by atoms with E-state index in [2.05, 4.69) is 20.6 Å². The minimum absolute atomic E-state index is 0.0392. The number of aryl methyl sites for hydroxylation is 1. The van der Waals surface area contributed by atoms with Crippen molar-refractivity contribution < 1.29 is 9.53 Å². The third kappa shape index (κ3) is 6.08. The van der Waals surface area contributed by atoms with E-state index in [9.17, 15) is 4.79 Å². The SMILES string of the molecule is Cc1nc(NC2CCC(NC(=O)c3cccc(OC(C)C)c3)CC2)cc(N(C)C)n1. The Labute approximate surface area is 179 Å². The summed E-state index contributed by atoms with van der Waals surface area (Å²) < 4.78 is 5.70. The Morgan fingerprint density at radius 2 is 1.80 bits per heavy atom. The van der Waals surface area contributed by atoms with Crippen LogP contribution in [0.15, 0.2) is 30.3 Å². The van der Waals surface area contributed by atoms with E-state index in [0.717, 1.165) is 48.9 Å². The molecule has 1 aromatic carbocycles. The molecular weight excluding hydrogens is 378 g/mol. The lowest BCUT2D eigenvalue weighted by Crippen LogP contribution is -2.40. The van der Waals surface area contributed by atoms with E-state index in [4.69, 9.17) is 4.74 Å². The summed E-state index contributed by atoms with van der Waals surface area (Å²) in [5.41, 5.74) is 0.640. The van der Waals surface area contributed by atoms with Gasteiger partial charge in [-0.3, -0.25) is 4.79 Å². The van der Waals surface area contributed by atoms with E-state index >= 15 is 0 Å². The van der Waals surface area contributed by atoms with Crippen molar-refractivity contribution in [2.45, 2.75) is 64.6 Å². The second kappa shape index (κ2) is 9.78. The van der Waals surface area contributed by atoms with Crippen LogP contribution in [-0.2, 0) is 0 Å². The number of ether oxygens (including phenoxy) is 1. The molecule has 1 saturated carbocycles. The van der Waals surface area contributed by atoms with E-state index in [1.165, 1.54) is 0 Å². The fraction of sp³-hybridized carbons (Fsp3) is 0.522. The summed E-state index contributed by atoms with van der Waals surface area (Å²) in [6.07, 6.45) is 3.94. The van der Waals surface area contributed by atoms with Crippen molar-refractivity contribution in [3.63, 3.8) is 0 Å². The molecule has 0 radical (unpaired) electrons. The molecule has 2 N–H and O–H groups in total. The molecule has 0 aliphatic heterocycles. The topological polar surface area (TPSA) is 79.4 Å². The van der Waals surface area contributed by atoms with Crippen molar-refractivity contribution in [1.29, 1.82) is 0 Å². The first-order valence-corrected chi connectivity index (χ1v) is 10.7. The zero-order valence-corrected chi connectivity index (χ0v) is 18.6. The van der Waals surface area contributed by atoms with Gasteiger partial charge in [-0.2, -0.15) is 0 Å². The molecule has 30 heavy (non-hydrogen) atoms. The minimum Gasteiger partial charge on any atom is -0.491 e. The Hall–Kier alpha value is -2.83. The van der Waals surface area contributed by atoms with Gasteiger partial charge in [0.15, 0.2) is 0 Å². The highest BCUT2D eigenvalue weighted by atomic mass is 16.5. The first-order chi connectivity index (χ1) is 14.3. The third-order valence-electron chi connectivity index (χ3n) is 5.17. The van der Waals surface area contributed by atoms with Gasteiger partial charge in [0.25, 0.3) is 5.91 Å². The third-order valence-corrected chi connectivity index (χ3v) is 5.17. The molecule has 0 atom stereocenters. The van der Waals surface area contributed by atoms with Gasteiger partial charge in [-0.15, -0.1) is 0 Å². The van der Waals surface area contributed by atoms with E-state index in [1.54, 1.807) is 0 Å². The van der Waals surface area contributed by atoms with Gasteiger partial charge in [0.05, 0.1) is 6.10 Å². The zero-order valence-electron chi connectivity index (χ0n) is 18.6. The summed E-state index contributed by atoms with van der Waals surface area (Å²) >= 11 is 0. The summed E-state index contributed by atoms with van der Waals surface area (Å²) in [5, 5.41) is 6.72. The molecule has 1 aliphatic rings. The number of benzene rings is 1. The lowest BCUT2D eigenvalue weighted by molar-refractivity contribution is 0.0926. The lowest BCUT2D eigenvalue weighted by atomic mass is 9.91. The lowest BCUT2D eigenvalue weighted by Gasteiger charge is -2.30. The molecular formula is C23H33N5O2. The van der Waals surface area contributed by atoms with Crippen LogP contribution < -0.4 is 20.3 Å². The second-order valence-electron chi connectivity index (χ2n) is 8.41. The summed E-state index contributed by atoms with van der Waals surface area (Å²) in [5.74, 6) is 3.20. The van der Waals surface area contributed by atoms with Crippen LogP contribution in [0.2, 0.25) is 0 Å². The maximum Gasteiger partial charge on any atom is 0.251 e. The molecule has 1 aliphatic carbocycles. The number of rotatable bonds is 7. The van der Waals surface area contributed by atoms with Crippen molar-refractivity contribution >= 4 is 17.5 Å². The molecule has 0 unspecified atom stereocenters. The van der Waals surface area contributed by atoms with E-state index in [-0.39, 0.29) is 18.1 Å². The highest BCUT2D eigenvalue weighted by Gasteiger charge is 2.23. The number of nitrogens with zero attached hydrogens (tertiary/aromatic N) is 3. The largest absolute Gasteiger partial charge is 0.491 e. The summed E-state index contributed by atoms with van der Waals surface area (Å²) in [4.78, 5) is 23.6. The number of carbonyl (C=O) groups is 1. The fourth-order valence-corrected chi connectivity index (χ4v) is 3.70. The first kappa shape index (κ1) is 21.9. The van der Waals surface area contributed by atoms with Crippen LogP contribution >= 0.6 is 0 Å². The molecule has 162 valence electrons. The van der Waals surface area contributed by atoms with Crippen LogP contribution in [0.4, 0.5) is 11.6 Å². The van der Waals surface area contributed by atoms with Crippen molar-refractivity contribution in [3.05, 3.63) is 41.7 Å². The Morgan fingerprint density at radius 3 is 2.47 bits per heavy atom. The van der Waals surface area contributed by atoms with Crippen LogP contribution in [0.5, 0.6) is 5.75 Å². The highest BCUT2D eigenvalue weighted by molar-refractivity contribution is 5.94. The average Bonchev–Trinajstić information content (AvgIpc) is 2.68. The van der Waals surface area contributed by atoms with Gasteiger partial charge >= 0.3 is 0 Å². The normalized spacial score (nSPS) is 18.7. The van der Waals surface area contributed by atoms with E-state index in [0.29, 0.717) is 11.6 Å². The number of aromatic nitrogens is 2. The number of nitrogens with one attached hydrogen (secondary N) is 2. The maximum absolute atomic E-state index is 12.7. The quantitative estimate of drug-likeness (QED) is 0.722. The molecule has 7 heteroatoms. The van der Waals surface area contributed by atoms with Gasteiger partial charge in [-0.25, -0.2) is 9.97 Å². The predicted octanol–water partition coefficient (Wildman–Crippen LogP) is 3.79. The molecule has 2 aromatic rings.